The van der Waals surface area contributed by atoms with Gasteiger partial charge >= 0.3 is 6.09 Å². The van der Waals surface area contributed by atoms with Crippen molar-refractivity contribution in [1.29, 1.82) is 0 Å². The highest BCUT2D eigenvalue weighted by molar-refractivity contribution is 5.69. The summed E-state index contributed by atoms with van der Waals surface area (Å²) in [5.74, 6) is 1.28. The van der Waals surface area contributed by atoms with Gasteiger partial charge in [0.05, 0.1) is 0 Å². The molecule has 0 aromatic rings. The van der Waals surface area contributed by atoms with E-state index in [0.29, 0.717) is 30.0 Å². The quantitative estimate of drug-likeness (QED) is 0.839. The molecule has 1 amide bonds. The number of fused-ring (bicyclic) bond motifs is 1. The second kappa shape index (κ2) is 5.13. The second-order valence-corrected chi connectivity index (χ2v) is 8.13. The van der Waals surface area contributed by atoms with Crippen LogP contribution in [0, 0.1) is 11.8 Å². The monoisotopic (exact) mass is 295 g/mol. The number of ether oxygens (including phenoxy) is 1. The van der Waals surface area contributed by atoms with Crippen molar-refractivity contribution < 1.29 is 9.53 Å². The highest BCUT2D eigenvalue weighted by atomic mass is 16.6. The van der Waals surface area contributed by atoms with Crippen LogP contribution in [-0.4, -0.2) is 66.3 Å². The molecule has 21 heavy (non-hydrogen) atoms. The summed E-state index contributed by atoms with van der Waals surface area (Å²) in [5, 5.41) is 3.80. The molecule has 1 aliphatic carbocycles. The molecule has 0 radical (unpaired) electrons. The van der Waals surface area contributed by atoms with Crippen LogP contribution in [0.1, 0.15) is 34.1 Å². The van der Waals surface area contributed by atoms with Gasteiger partial charge in [-0.3, -0.25) is 0 Å². The molecule has 2 saturated heterocycles. The van der Waals surface area contributed by atoms with Crippen molar-refractivity contribution in [1.82, 2.24) is 15.1 Å². The van der Waals surface area contributed by atoms with Crippen LogP contribution in [0.5, 0.6) is 0 Å². The minimum absolute atomic E-state index is 0.150. The average molecular weight is 295 g/mol. The van der Waals surface area contributed by atoms with E-state index in [0.717, 1.165) is 19.6 Å². The van der Waals surface area contributed by atoms with E-state index in [4.69, 9.17) is 4.74 Å². The first kappa shape index (κ1) is 15.1. The first-order valence-corrected chi connectivity index (χ1v) is 8.19. The van der Waals surface area contributed by atoms with E-state index in [1.165, 1.54) is 6.42 Å². The van der Waals surface area contributed by atoms with Gasteiger partial charge < -0.3 is 19.9 Å². The topological polar surface area (TPSA) is 44.8 Å². The van der Waals surface area contributed by atoms with E-state index in [-0.39, 0.29) is 6.09 Å². The van der Waals surface area contributed by atoms with Crippen LogP contribution < -0.4 is 5.32 Å². The molecule has 0 spiro atoms. The summed E-state index contributed by atoms with van der Waals surface area (Å²) < 4.78 is 5.45. The molecule has 0 aromatic heterocycles. The SMILES string of the molecule is CC1CC(NC2C3CN(C(=O)OC(C)(C)C)CC32)CN1C. The number of hydrogen-bond acceptors (Lipinski definition) is 4. The van der Waals surface area contributed by atoms with Crippen molar-refractivity contribution in [3.63, 3.8) is 0 Å². The Labute approximate surface area is 128 Å². The molecule has 120 valence electrons. The number of hydrogen-bond donors (Lipinski definition) is 1. The number of piperidine rings is 1. The molecule has 1 saturated carbocycles. The largest absolute Gasteiger partial charge is 0.444 e. The van der Waals surface area contributed by atoms with Gasteiger partial charge in [0, 0.05) is 37.8 Å². The summed E-state index contributed by atoms with van der Waals surface area (Å²) in [7, 11) is 2.20. The van der Waals surface area contributed by atoms with E-state index in [2.05, 4.69) is 24.2 Å². The Kier molecular flexibility index (Phi) is 3.69. The first-order valence-electron chi connectivity index (χ1n) is 8.19. The number of carbonyl (C=O) groups is 1. The summed E-state index contributed by atoms with van der Waals surface area (Å²) in [4.78, 5) is 16.3. The van der Waals surface area contributed by atoms with Gasteiger partial charge in [0.25, 0.3) is 0 Å². The normalized spacial score (nSPS) is 39.5. The fourth-order valence-electron chi connectivity index (χ4n) is 3.84. The Hall–Kier alpha value is -0.810. The number of likely N-dealkylation sites (N-methyl/N-ethyl adjacent to an activating group) is 1. The third-order valence-corrected chi connectivity index (χ3v) is 5.16. The third kappa shape index (κ3) is 3.19. The summed E-state index contributed by atoms with van der Waals surface area (Å²) >= 11 is 0. The van der Waals surface area contributed by atoms with Crippen LogP contribution in [0.4, 0.5) is 4.79 Å². The molecular weight excluding hydrogens is 266 g/mol. The Morgan fingerprint density at radius 3 is 2.29 bits per heavy atom. The molecule has 0 aromatic carbocycles. The number of amides is 1. The number of rotatable bonds is 2. The van der Waals surface area contributed by atoms with Crippen molar-refractivity contribution in [2.75, 3.05) is 26.7 Å². The maximum atomic E-state index is 12.0. The molecule has 4 unspecified atom stereocenters. The lowest BCUT2D eigenvalue weighted by molar-refractivity contribution is 0.0268. The predicted molar refractivity (Wildman–Crippen MR) is 82.2 cm³/mol. The van der Waals surface area contributed by atoms with Gasteiger partial charge in [0.2, 0.25) is 0 Å². The molecule has 5 heteroatoms. The fraction of sp³-hybridized carbons (Fsp3) is 0.938. The van der Waals surface area contributed by atoms with Crippen LogP contribution in [0.15, 0.2) is 0 Å². The lowest BCUT2D eigenvalue weighted by Gasteiger charge is -2.26. The van der Waals surface area contributed by atoms with Crippen LogP contribution in [0.2, 0.25) is 0 Å². The number of nitrogens with zero attached hydrogens (tertiary/aromatic N) is 2. The zero-order valence-electron chi connectivity index (χ0n) is 13.9. The third-order valence-electron chi connectivity index (χ3n) is 5.16. The molecule has 4 atom stereocenters. The molecule has 3 fully saturated rings. The first-order chi connectivity index (χ1) is 9.74. The van der Waals surface area contributed by atoms with Crippen molar-refractivity contribution >= 4 is 6.09 Å². The Morgan fingerprint density at radius 1 is 1.19 bits per heavy atom. The van der Waals surface area contributed by atoms with Gasteiger partial charge in [0.1, 0.15) is 5.60 Å². The molecule has 1 N–H and O–H groups in total. The van der Waals surface area contributed by atoms with E-state index >= 15 is 0 Å². The van der Waals surface area contributed by atoms with Crippen LogP contribution in [-0.2, 0) is 4.74 Å². The lowest BCUT2D eigenvalue weighted by atomic mass is 10.2. The van der Waals surface area contributed by atoms with Crippen LogP contribution in [0.3, 0.4) is 0 Å². The minimum atomic E-state index is -0.397. The standard InChI is InChI=1S/C16H29N3O2/c1-10-6-11(7-18(10)5)17-14-12-8-19(9-13(12)14)15(20)21-16(2,3)4/h10-14,17H,6-9H2,1-5H3. The molecule has 3 rings (SSSR count). The number of carbonyl (C=O) groups excluding carboxylic acids is 1. The highest BCUT2D eigenvalue weighted by Crippen LogP contribution is 2.46. The Bertz CT molecular complexity index is 398. The zero-order chi connectivity index (χ0) is 15.4. The van der Waals surface area contributed by atoms with E-state index in [1.54, 1.807) is 0 Å². The average Bonchev–Trinajstić information content (AvgIpc) is 2.72. The van der Waals surface area contributed by atoms with Crippen LogP contribution >= 0.6 is 0 Å². The van der Waals surface area contributed by atoms with Crippen molar-refractivity contribution in [2.24, 2.45) is 11.8 Å². The lowest BCUT2D eigenvalue weighted by Crippen LogP contribution is -2.41. The van der Waals surface area contributed by atoms with Gasteiger partial charge in [-0.1, -0.05) is 0 Å². The summed E-state index contributed by atoms with van der Waals surface area (Å²) in [6, 6.07) is 1.92. The van der Waals surface area contributed by atoms with Gasteiger partial charge in [0.15, 0.2) is 0 Å². The summed E-state index contributed by atoms with van der Waals surface area (Å²) in [5.41, 5.74) is -0.397. The summed E-state index contributed by atoms with van der Waals surface area (Å²) in [6.07, 6.45) is 1.09. The molecule has 2 heterocycles. The molecule has 2 aliphatic heterocycles. The minimum Gasteiger partial charge on any atom is -0.444 e. The van der Waals surface area contributed by atoms with E-state index < -0.39 is 5.60 Å². The molecule has 5 nitrogen and oxygen atoms in total. The van der Waals surface area contributed by atoms with E-state index in [9.17, 15) is 4.79 Å². The number of nitrogens with one attached hydrogen (secondary N) is 1. The highest BCUT2D eigenvalue weighted by Gasteiger charge is 2.57. The van der Waals surface area contributed by atoms with Gasteiger partial charge in [-0.2, -0.15) is 0 Å². The maximum Gasteiger partial charge on any atom is 0.410 e. The van der Waals surface area contributed by atoms with Crippen LogP contribution in [0.25, 0.3) is 0 Å². The molecule has 3 aliphatic rings. The predicted octanol–water partition coefficient (Wildman–Crippen LogP) is 1.53. The smallest absolute Gasteiger partial charge is 0.410 e. The summed E-state index contributed by atoms with van der Waals surface area (Å²) in [6.45, 7) is 10.9. The fourth-order valence-corrected chi connectivity index (χ4v) is 3.84. The number of likely N-dealkylation sites (tertiary alicyclic amines) is 2. The molecule has 0 bridgehead atoms. The maximum absolute atomic E-state index is 12.0. The van der Waals surface area contributed by atoms with Crippen molar-refractivity contribution in [3.8, 4) is 0 Å². The van der Waals surface area contributed by atoms with E-state index in [1.807, 2.05) is 25.7 Å². The van der Waals surface area contributed by atoms with Crippen molar-refractivity contribution in [3.05, 3.63) is 0 Å². The zero-order valence-corrected chi connectivity index (χ0v) is 13.9. The Balaban J connectivity index is 1.43. The van der Waals surface area contributed by atoms with Crippen molar-refractivity contribution in [2.45, 2.75) is 57.8 Å². The Morgan fingerprint density at radius 2 is 1.81 bits per heavy atom. The van der Waals surface area contributed by atoms with Gasteiger partial charge in [-0.25, -0.2) is 4.79 Å². The molecular formula is C16H29N3O2. The van der Waals surface area contributed by atoms with Gasteiger partial charge in [-0.05, 0) is 53.0 Å². The van der Waals surface area contributed by atoms with Gasteiger partial charge in [-0.15, -0.1) is 0 Å². The second-order valence-electron chi connectivity index (χ2n) is 8.13.